The van der Waals surface area contributed by atoms with Crippen LogP contribution in [0.15, 0.2) is 47.5 Å². The summed E-state index contributed by atoms with van der Waals surface area (Å²) in [6.07, 6.45) is 1.63. The van der Waals surface area contributed by atoms with Gasteiger partial charge in [0.2, 0.25) is 0 Å². The van der Waals surface area contributed by atoms with E-state index in [0.717, 1.165) is 9.26 Å². The number of methoxy groups -OCH3 is 1. The van der Waals surface area contributed by atoms with Crippen LogP contribution in [0.1, 0.15) is 5.56 Å². The number of aliphatic imine (C=N–C) groups is 1. The van der Waals surface area contributed by atoms with Gasteiger partial charge in [0, 0.05) is 15.3 Å². The van der Waals surface area contributed by atoms with E-state index in [-0.39, 0.29) is 5.75 Å². The molecule has 0 saturated carbocycles. The van der Waals surface area contributed by atoms with E-state index >= 15 is 0 Å². The standard InChI is InChI=1S/C14H12INO2/c1-18-13-8-4-5-10(14(13)17)9-16-12-7-3-2-6-11(12)15/h2-9,17H,1H3. The third kappa shape index (κ3) is 2.81. The molecule has 0 spiro atoms. The third-order valence-electron chi connectivity index (χ3n) is 2.45. The number of para-hydroxylation sites is 2. The van der Waals surface area contributed by atoms with Crippen molar-refractivity contribution >= 4 is 34.5 Å². The number of ether oxygens (including phenoxy) is 1. The first-order valence-corrected chi connectivity index (χ1v) is 6.45. The van der Waals surface area contributed by atoms with Gasteiger partial charge in [0.1, 0.15) is 0 Å². The third-order valence-corrected chi connectivity index (χ3v) is 3.36. The zero-order chi connectivity index (χ0) is 13.0. The SMILES string of the molecule is COc1cccc(C=Nc2ccccc2I)c1O. The van der Waals surface area contributed by atoms with Gasteiger partial charge in [0.25, 0.3) is 0 Å². The molecule has 0 unspecified atom stereocenters. The maximum absolute atomic E-state index is 9.92. The smallest absolute Gasteiger partial charge is 0.166 e. The van der Waals surface area contributed by atoms with Crippen LogP contribution in [0.3, 0.4) is 0 Å². The molecule has 92 valence electrons. The van der Waals surface area contributed by atoms with Gasteiger partial charge < -0.3 is 9.84 Å². The van der Waals surface area contributed by atoms with Crippen molar-refractivity contribution in [1.29, 1.82) is 0 Å². The summed E-state index contributed by atoms with van der Waals surface area (Å²) in [6, 6.07) is 13.1. The number of phenolic OH excluding ortho intramolecular Hbond substituents is 1. The average Bonchev–Trinajstić information content (AvgIpc) is 2.39. The van der Waals surface area contributed by atoms with Crippen LogP contribution in [-0.4, -0.2) is 18.4 Å². The van der Waals surface area contributed by atoms with Crippen LogP contribution >= 0.6 is 22.6 Å². The number of benzene rings is 2. The maximum atomic E-state index is 9.92. The Morgan fingerprint density at radius 2 is 1.94 bits per heavy atom. The van der Waals surface area contributed by atoms with Crippen molar-refractivity contribution in [1.82, 2.24) is 0 Å². The topological polar surface area (TPSA) is 41.8 Å². The highest BCUT2D eigenvalue weighted by molar-refractivity contribution is 14.1. The molecule has 2 aromatic rings. The molecule has 0 fully saturated rings. The number of hydrogen-bond acceptors (Lipinski definition) is 3. The molecule has 0 heterocycles. The number of nitrogens with zero attached hydrogens (tertiary/aromatic N) is 1. The lowest BCUT2D eigenvalue weighted by atomic mass is 10.2. The molecule has 2 aromatic carbocycles. The fraction of sp³-hybridized carbons (Fsp3) is 0.0714. The maximum Gasteiger partial charge on any atom is 0.166 e. The molecule has 4 heteroatoms. The first-order valence-electron chi connectivity index (χ1n) is 5.37. The summed E-state index contributed by atoms with van der Waals surface area (Å²) in [6.45, 7) is 0. The van der Waals surface area contributed by atoms with E-state index in [1.807, 2.05) is 30.3 Å². The summed E-state index contributed by atoms with van der Waals surface area (Å²) in [5.41, 5.74) is 1.51. The van der Waals surface area contributed by atoms with Crippen LogP contribution in [0, 0.1) is 3.57 Å². The molecule has 0 amide bonds. The summed E-state index contributed by atoms with van der Waals surface area (Å²) < 4.78 is 6.11. The minimum atomic E-state index is 0.106. The second-order valence-electron chi connectivity index (χ2n) is 3.61. The number of rotatable bonds is 3. The molecule has 0 bridgehead atoms. The zero-order valence-electron chi connectivity index (χ0n) is 9.80. The van der Waals surface area contributed by atoms with Gasteiger partial charge in [0.15, 0.2) is 11.5 Å². The Labute approximate surface area is 119 Å². The van der Waals surface area contributed by atoms with Gasteiger partial charge >= 0.3 is 0 Å². The van der Waals surface area contributed by atoms with Gasteiger partial charge in [-0.2, -0.15) is 0 Å². The van der Waals surface area contributed by atoms with Crippen LogP contribution < -0.4 is 4.74 Å². The Kier molecular flexibility index (Phi) is 4.19. The summed E-state index contributed by atoms with van der Waals surface area (Å²) in [5, 5.41) is 9.92. The molecule has 0 atom stereocenters. The minimum Gasteiger partial charge on any atom is -0.504 e. The first-order chi connectivity index (χ1) is 8.72. The van der Waals surface area contributed by atoms with E-state index in [4.69, 9.17) is 4.74 Å². The molecule has 0 aliphatic heterocycles. The zero-order valence-corrected chi connectivity index (χ0v) is 12.0. The second-order valence-corrected chi connectivity index (χ2v) is 4.77. The van der Waals surface area contributed by atoms with Crippen molar-refractivity contribution in [2.45, 2.75) is 0 Å². The molecular formula is C14H12INO2. The Bertz CT molecular complexity index is 582. The van der Waals surface area contributed by atoms with Crippen LogP contribution in [0.25, 0.3) is 0 Å². The van der Waals surface area contributed by atoms with Crippen LogP contribution in [0.4, 0.5) is 5.69 Å². The van der Waals surface area contributed by atoms with Gasteiger partial charge in [0.05, 0.1) is 12.8 Å². The van der Waals surface area contributed by atoms with E-state index < -0.39 is 0 Å². The van der Waals surface area contributed by atoms with Gasteiger partial charge in [-0.25, -0.2) is 0 Å². The molecule has 2 rings (SSSR count). The lowest BCUT2D eigenvalue weighted by Gasteiger charge is -2.05. The Hall–Kier alpha value is -1.56. The van der Waals surface area contributed by atoms with Crippen LogP contribution in [-0.2, 0) is 0 Å². The lowest BCUT2D eigenvalue weighted by Crippen LogP contribution is -1.88. The van der Waals surface area contributed by atoms with Crippen molar-refractivity contribution in [3.05, 3.63) is 51.6 Å². The van der Waals surface area contributed by atoms with Crippen LogP contribution in [0.2, 0.25) is 0 Å². The highest BCUT2D eigenvalue weighted by atomic mass is 127. The highest BCUT2D eigenvalue weighted by Crippen LogP contribution is 2.29. The second kappa shape index (κ2) is 5.86. The quantitative estimate of drug-likeness (QED) is 0.675. The van der Waals surface area contributed by atoms with Crippen LogP contribution in [0.5, 0.6) is 11.5 Å². The van der Waals surface area contributed by atoms with Gasteiger partial charge in [-0.1, -0.05) is 18.2 Å². The predicted octanol–water partition coefficient (Wildman–Crippen LogP) is 3.76. The van der Waals surface area contributed by atoms with Crippen molar-refractivity contribution < 1.29 is 9.84 Å². The fourth-order valence-corrected chi connectivity index (χ4v) is 2.03. The van der Waals surface area contributed by atoms with Gasteiger partial charge in [-0.05, 0) is 46.9 Å². The summed E-state index contributed by atoms with van der Waals surface area (Å²) in [7, 11) is 1.52. The minimum absolute atomic E-state index is 0.106. The molecule has 0 radical (unpaired) electrons. The molecule has 0 aliphatic carbocycles. The van der Waals surface area contributed by atoms with E-state index in [0.29, 0.717) is 11.3 Å². The van der Waals surface area contributed by atoms with E-state index in [1.54, 1.807) is 18.3 Å². The number of phenols is 1. The summed E-state index contributed by atoms with van der Waals surface area (Å²) in [4.78, 5) is 4.36. The molecule has 3 nitrogen and oxygen atoms in total. The Morgan fingerprint density at radius 3 is 2.67 bits per heavy atom. The summed E-state index contributed by atoms with van der Waals surface area (Å²) >= 11 is 2.22. The van der Waals surface area contributed by atoms with E-state index in [2.05, 4.69) is 27.6 Å². The van der Waals surface area contributed by atoms with Gasteiger partial charge in [-0.15, -0.1) is 0 Å². The molecule has 0 saturated heterocycles. The highest BCUT2D eigenvalue weighted by Gasteiger charge is 2.04. The monoisotopic (exact) mass is 353 g/mol. The lowest BCUT2D eigenvalue weighted by molar-refractivity contribution is 0.373. The number of hydrogen-bond donors (Lipinski definition) is 1. The van der Waals surface area contributed by atoms with E-state index in [1.165, 1.54) is 7.11 Å². The fourth-order valence-electron chi connectivity index (χ4n) is 1.50. The van der Waals surface area contributed by atoms with Gasteiger partial charge in [-0.3, -0.25) is 4.99 Å². The van der Waals surface area contributed by atoms with Crippen molar-refractivity contribution in [2.75, 3.05) is 7.11 Å². The number of aromatic hydroxyl groups is 1. The summed E-state index contributed by atoms with van der Waals surface area (Å²) in [5.74, 6) is 0.552. The largest absolute Gasteiger partial charge is 0.504 e. The van der Waals surface area contributed by atoms with Crippen molar-refractivity contribution in [3.8, 4) is 11.5 Å². The van der Waals surface area contributed by atoms with E-state index in [9.17, 15) is 5.11 Å². The number of halogens is 1. The molecular weight excluding hydrogens is 341 g/mol. The van der Waals surface area contributed by atoms with Crippen molar-refractivity contribution in [2.24, 2.45) is 4.99 Å². The predicted molar refractivity (Wildman–Crippen MR) is 81.1 cm³/mol. The normalized spacial score (nSPS) is 10.8. The molecule has 1 N–H and O–H groups in total. The Balaban J connectivity index is 2.32. The molecule has 18 heavy (non-hydrogen) atoms. The average molecular weight is 353 g/mol. The van der Waals surface area contributed by atoms with Crippen molar-refractivity contribution in [3.63, 3.8) is 0 Å². The molecule has 0 aliphatic rings. The molecule has 0 aromatic heterocycles. The Morgan fingerprint density at radius 1 is 1.17 bits per heavy atom. The first kappa shape index (κ1) is 12.9.